The number of carbonyl (C=O) groups excluding carboxylic acids is 2. The number of para-hydroxylation sites is 1. The SMILES string of the molecule is COc1cc(/C=C2\SC(=S)N(c3ccccc3)C2=O)ccc1OC(=O)c1ccco1. The largest absolute Gasteiger partial charge is 0.493 e. The van der Waals surface area contributed by atoms with Crippen molar-refractivity contribution in [2.75, 3.05) is 12.0 Å². The van der Waals surface area contributed by atoms with Crippen LogP contribution in [0.4, 0.5) is 5.69 Å². The normalized spacial score (nSPS) is 15.0. The molecule has 4 rings (SSSR count). The minimum atomic E-state index is -0.630. The van der Waals surface area contributed by atoms with E-state index in [1.807, 2.05) is 30.3 Å². The van der Waals surface area contributed by atoms with Crippen molar-refractivity contribution >= 4 is 51.9 Å². The van der Waals surface area contributed by atoms with Gasteiger partial charge in [-0.1, -0.05) is 48.2 Å². The Balaban J connectivity index is 1.57. The molecular formula is C22H15NO5S2. The van der Waals surface area contributed by atoms with Crippen molar-refractivity contribution in [3.63, 3.8) is 0 Å². The number of methoxy groups -OCH3 is 1. The third kappa shape index (κ3) is 4.00. The molecule has 8 heteroatoms. The van der Waals surface area contributed by atoms with Crippen LogP contribution in [0.2, 0.25) is 0 Å². The summed E-state index contributed by atoms with van der Waals surface area (Å²) in [6, 6.07) is 17.4. The fourth-order valence-electron chi connectivity index (χ4n) is 2.82. The number of esters is 1. The Morgan fingerprint density at radius 3 is 2.60 bits per heavy atom. The molecule has 0 unspecified atom stereocenters. The Hall–Kier alpha value is -3.36. The van der Waals surface area contributed by atoms with E-state index in [0.29, 0.717) is 20.5 Å². The van der Waals surface area contributed by atoms with Crippen LogP contribution in [0.3, 0.4) is 0 Å². The standard InChI is InChI=1S/C22H15NO5S2/c1-26-18-12-14(9-10-16(18)28-21(25)17-8-5-11-27-17)13-19-20(24)23(22(29)30-19)15-6-3-2-4-7-15/h2-13H,1H3/b19-13-. The highest BCUT2D eigenvalue weighted by molar-refractivity contribution is 8.27. The van der Waals surface area contributed by atoms with Gasteiger partial charge in [0.05, 0.1) is 24.0 Å². The Bertz CT molecular complexity index is 1140. The molecule has 30 heavy (non-hydrogen) atoms. The molecule has 0 bridgehead atoms. The minimum absolute atomic E-state index is 0.0886. The molecule has 1 aliphatic rings. The Morgan fingerprint density at radius 2 is 1.90 bits per heavy atom. The van der Waals surface area contributed by atoms with Gasteiger partial charge in [0.2, 0.25) is 5.76 Å². The number of amides is 1. The monoisotopic (exact) mass is 437 g/mol. The molecule has 3 aromatic rings. The first-order valence-corrected chi connectivity index (χ1v) is 10.1. The van der Waals surface area contributed by atoms with Crippen molar-refractivity contribution in [2.45, 2.75) is 0 Å². The summed E-state index contributed by atoms with van der Waals surface area (Å²) in [6.07, 6.45) is 3.12. The second kappa shape index (κ2) is 8.56. The predicted molar refractivity (Wildman–Crippen MR) is 119 cm³/mol. The number of carbonyl (C=O) groups is 2. The number of hydrogen-bond donors (Lipinski definition) is 0. The van der Waals surface area contributed by atoms with E-state index in [1.54, 1.807) is 30.3 Å². The summed E-state index contributed by atoms with van der Waals surface area (Å²) in [5, 5.41) is 0. The van der Waals surface area contributed by atoms with E-state index in [0.717, 1.165) is 5.69 Å². The molecule has 2 heterocycles. The summed E-state index contributed by atoms with van der Waals surface area (Å²) in [5.41, 5.74) is 1.43. The van der Waals surface area contributed by atoms with Crippen molar-refractivity contribution in [3.8, 4) is 11.5 Å². The molecular weight excluding hydrogens is 422 g/mol. The van der Waals surface area contributed by atoms with Gasteiger partial charge in [-0.3, -0.25) is 9.69 Å². The fourth-order valence-corrected chi connectivity index (χ4v) is 4.12. The molecule has 0 radical (unpaired) electrons. The molecule has 0 atom stereocenters. The zero-order valence-electron chi connectivity index (χ0n) is 15.7. The highest BCUT2D eigenvalue weighted by atomic mass is 32.2. The quantitative estimate of drug-likeness (QED) is 0.243. The van der Waals surface area contributed by atoms with Gasteiger partial charge in [0.1, 0.15) is 0 Å². The third-order valence-corrected chi connectivity index (χ3v) is 5.52. The summed E-state index contributed by atoms with van der Waals surface area (Å²) in [4.78, 5) is 27.0. The van der Waals surface area contributed by atoms with Crippen LogP contribution in [0, 0.1) is 0 Å². The van der Waals surface area contributed by atoms with Crippen molar-refractivity contribution < 1.29 is 23.5 Å². The van der Waals surface area contributed by atoms with Gasteiger partial charge in [0, 0.05) is 0 Å². The maximum absolute atomic E-state index is 12.9. The number of hydrogen-bond acceptors (Lipinski definition) is 7. The number of furan rings is 1. The number of thiocarbonyl (C=S) groups is 1. The lowest BCUT2D eigenvalue weighted by atomic mass is 10.1. The predicted octanol–water partition coefficient (Wildman–Crippen LogP) is 4.91. The molecule has 6 nitrogen and oxygen atoms in total. The maximum Gasteiger partial charge on any atom is 0.379 e. The van der Waals surface area contributed by atoms with Gasteiger partial charge in [-0.15, -0.1) is 0 Å². The average Bonchev–Trinajstić information content (AvgIpc) is 3.38. The number of rotatable bonds is 5. The van der Waals surface area contributed by atoms with Crippen LogP contribution in [0.1, 0.15) is 16.1 Å². The molecule has 0 aliphatic carbocycles. The van der Waals surface area contributed by atoms with Crippen LogP contribution in [0.25, 0.3) is 6.08 Å². The van der Waals surface area contributed by atoms with E-state index in [9.17, 15) is 9.59 Å². The molecule has 150 valence electrons. The Labute approximate surface area is 182 Å². The van der Waals surface area contributed by atoms with E-state index in [4.69, 9.17) is 26.1 Å². The zero-order valence-corrected chi connectivity index (χ0v) is 17.4. The molecule has 1 saturated heterocycles. The van der Waals surface area contributed by atoms with Gasteiger partial charge >= 0.3 is 5.97 Å². The molecule has 1 amide bonds. The van der Waals surface area contributed by atoms with E-state index >= 15 is 0 Å². The van der Waals surface area contributed by atoms with E-state index in [2.05, 4.69) is 0 Å². The van der Waals surface area contributed by atoms with Crippen LogP contribution in [-0.2, 0) is 4.79 Å². The van der Waals surface area contributed by atoms with Crippen molar-refractivity contribution in [1.82, 2.24) is 0 Å². The fraction of sp³-hybridized carbons (Fsp3) is 0.0455. The second-order valence-corrected chi connectivity index (χ2v) is 7.81. The van der Waals surface area contributed by atoms with Gasteiger partial charge in [-0.2, -0.15) is 0 Å². The van der Waals surface area contributed by atoms with Gasteiger partial charge in [-0.05, 0) is 48.0 Å². The number of benzene rings is 2. The first kappa shape index (κ1) is 19.9. The zero-order chi connectivity index (χ0) is 21.1. The van der Waals surface area contributed by atoms with Crippen LogP contribution in [0.5, 0.6) is 11.5 Å². The van der Waals surface area contributed by atoms with E-state index in [1.165, 1.54) is 36.1 Å². The van der Waals surface area contributed by atoms with Gasteiger partial charge in [0.15, 0.2) is 15.8 Å². The topological polar surface area (TPSA) is 69.0 Å². The minimum Gasteiger partial charge on any atom is -0.493 e. The summed E-state index contributed by atoms with van der Waals surface area (Å²) < 4.78 is 16.2. The van der Waals surface area contributed by atoms with Crippen molar-refractivity contribution in [2.24, 2.45) is 0 Å². The molecule has 0 spiro atoms. The molecule has 0 saturated carbocycles. The number of ether oxygens (including phenoxy) is 2. The van der Waals surface area contributed by atoms with E-state index in [-0.39, 0.29) is 17.4 Å². The first-order chi connectivity index (χ1) is 14.6. The highest BCUT2D eigenvalue weighted by Gasteiger charge is 2.33. The number of anilines is 1. The van der Waals surface area contributed by atoms with Crippen LogP contribution >= 0.6 is 24.0 Å². The summed E-state index contributed by atoms with van der Waals surface area (Å²) in [7, 11) is 1.47. The van der Waals surface area contributed by atoms with Crippen LogP contribution < -0.4 is 14.4 Å². The lowest BCUT2D eigenvalue weighted by Crippen LogP contribution is -2.27. The van der Waals surface area contributed by atoms with Gasteiger partial charge in [0.25, 0.3) is 5.91 Å². The molecule has 1 aromatic heterocycles. The molecule has 1 aliphatic heterocycles. The summed E-state index contributed by atoms with van der Waals surface area (Å²) >= 11 is 6.61. The van der Waals surface area contributed by atoms with Crippen LogP contribution in [-0.4, -0.2) is 23.3 Å². The second-order valence-electron chi connectivity index (χ2n) is 6.13. The van der Waals surface area contributed by atoms with Gasteiger partial charge in [-0.25, -0.2) is 4.79 Å². The lowest BCUT2D eigenvalue weighted by molar-refractivity contribution is -0.113. The maximum atomic E-state index is 12.9. The Kier molecular flexibility index (Phi) is 5.69. The first-order valence-electron chi connectivity index (χ1n) is 8.83. The average molecular weight is 437 g/mol. The summed E-state index contributed by atoms with van der Waals surface area (Å²) in [6.45, 7) is 0. The molecule has 1 fully saturated rings. The number of thioether (sulfide) groups is 1. The lowest BCUT2D eigenvalue weighted by Gasteiger charge is -2.13. The highest BCUT2D eigenvalue weighted by Crippen LogP contribution is 2.37. The summed E-state index contributed by atoms with van der Waals surface area (Å²) in [5.74, 6) is -0.140. The van der Waals surface area contributed by atoms with E-state index < -0.39 is 5.97 Å². The smallest absolute Gasteiger partial charge is 0.379 e. The van der Waals surface area contributed by atoms with Gasteiger partial charge < -0.3 is 13.9 Å². The molecule has 2 aromatic carbocycles. The third-order valence-electron chi connectivity index (χ3n) is 4.22. The van der Waals surface area contributed by atoms with Crippen LogP contribution in [0.15, 0.2) is 76.2 Å². The Morgan fingerprint density at radius 1 is 1.10 bits per heavy atom. The molecule has 0 N–H and O–H groups in total. The number of nitrogens with zero attached hydrogens (tertiary/aromatic N) is 1. The van der Waals surface area contributed by atoms with Crippen molar-refractivity contribution in [3.05, 3.63) is 83.2 Å². The van der Waals surface area contributed by atoms with Crippen molar-refractivity contribution in [1.29, 1.82) is 0 Å².